The van der Waals surface area contributed by atoms with Gasteiger partial charge in [-0.05, 0) is 24.6 Å². The molecule has 0 fully saturated rings. The molecule has 0 saturated heterocycles. The van der Waals surface area contributed by atoms with Gasteiger partial charge in [0.1, 0.15) is 5.75 Å². The quantitative estimate of drug-likeness (QED) is 0.451. The van der Waals surface area contributed by atoms with E-state index in [4.69, 9.17) is 9.84 Å². The zero-order chi connectivity index (χ0) is 20.5. The van der Waals surface area contributed by atoms with Crippen LogP contribution in [0, 0.1) is 6.92 Å². The maximum Gasteiger partial charge on any atom is 0.174 e. The average Bonchev–Trinajstić information content (AvgIpc) is 3.39. The van der Waals surface area contributed by atoms with Crippen LogP contribution >= 0.6 is 0 Å². The molecule has 0 bridgehead atoms. The molecule has 0 aliphatic carbocycles. The van der Waals surface area contributed by atoms with Gasteiger partial charge in [-0.1, -0.05) is 36.4 Å². The summed E-state index contributed by atoms with van der Waals surface area (Å²) < 4.78 is 9.42. The van der Waals surface area contributed by atoms with Crippen molar-refractivity contribution in [2.75, 3.05) is 7.11 Å². The first kappa shape index (κ1) is 18.1. The molecule has 0 aliphatic heterocycles. The van der Waals surface area contributed by atoms with Gasteiger partial charge in [-0.15, -0.1) is 0 Å². The van der Waals surface area contributed by atoms with E-state index in [1.54, 1.807) is 19.6 Å². The first-order chi connectivity index (χ1) is 14.7. The number of fused-ring (bicyclic) bond motifs is 1. The van der Waals surface area contributed by atoms with Gasteiger partial charge in [-0.25, -0.2) is 14.5 Å². The van der Waals surface area contributed by atoms with Crippen LogP contribution in [0.15, 0.2) is 73.4 Å². The van der Waals surface area contributed by atoms with E-state index in [1.165, 1.54) is 0 Å². The van der Waals surface area contributed by atoms with Crippen LogP contribution in [-0.4, -0.2) is 36.2 Å². The predicted molar refractivity (Wildman–Crippen MR) is 114 cm³/mol. The SMILES string of the molecule is COc1cc(Cc2nc3cncc(-c4ccccc4)n3n2)ccc1-n1cnc(C)c1. The molecule has 148 valence electrons. The van der Waals surface area contributed by atoms with Gasteiger partial charge in [0.15, 0.2) is 11.5 Å². The number of rotatable bonds is 5. The Morgan fingerprint density at radius 1 is 1.03 bits per heavy atom. The van der Waals surface area contributed by atoms with Crippen LogP contribution in [-0.2, 0) is 6.42 Å². The van der Waals surface area contributed by atoms with Gasteiger partial charge in [0.25, 0.3) is 0 Å². The number of ether oxygens (including phenoxy) is 1. The molecule has 7 heteroatoms. The topological polar surface area (TPSA) is 70.1 Å². The van der Waals surface area contributed by atoms with Gasteiger partial charge in [0.05, 0.1) is 42.9 Å². The Balaban J connectivity index is 1.49. The summed E-state index contributed by atoms with van der Waals surface area (Å²) >= 11 is 0. The number of methoxy groups -OCH3 is 1. The smallest absolute Gasteiger partial charge is 0.174 e. The number of benzene rings is 2. The summed E-state index contributed by atoms with van der Waals surface area (Å²) in [6.07, 6.45) is 7.89. The third-order valence-electron chi connectivity index (χ3n) is 4.96. The molecule has 0 atom stereocenters. The molecule has 7 nitrogen and oxygen atoms in total. The number of hydrogen-bond donors (Lipinski definition) is 0. The molecule has 0 aliphatic rings. The lowest BCUT2D eigenvalue weighted by molar-refractivity contribution is 0.412. The maximum absolute atomic E-state index is 5.62. The molecule has 3 heterocycles. The molecule has 0 amide bonds. The van der Waals surface area contributed by atoms with Crippen LogP contribution in [0.3, 0.4) is 0 Å². The number of imidazole rings is 1. The summed E-state index contributed by atoms with van der Waals surface area (Å²) in [5.41, 5.74) is 5.66. The lowest BCUT2D eigenvalue weighted by Crippen LogP contribution is -1.99. The van der Waals surface area contributed by atoms with Crippen LogP contribution < -0.4 is 4.74 Å². The molecule has 0 saturated carbocycles. The highest BCUT2D eigenvalue weighted by Crippen LogP contribution is 2.26. The normalized spacial score (nSPS) is 11.1. The van der Waals surface area contributed by atoms with Gasteiger partial charge in [-0.3, -0.25) is 4.98 Å². The summed E-state index contributed by atoms with van der Waals surface area (Å²) in [5, 5.41) is 4.73. The summed E-state index contributed by atoms with van der Waals surface area (Å²) in [7, 11) is 1.67. The standard InChI is InChI=1S/C23H20N6O/c1-16-14-28(15-25-16)19-9-8-17(10-21(19)30-2)11-22-26-23-13-24-12-20(29(23)27-22)18-6-4-3-5-7-18/h3-10,12-15H,11H2,1-2H3. The summed E-state index contributed by atoms with van der Waals surface area (Å²) in [6, 6.07) is 16.2. The van der Waals surface area contributed by atoms with Crippen LogP contribution in [0.2, 0.25) is 0 Å². The highest BCUT2D eigenvalue weighted by Gasteiger charge is 2.12. The van der Waals surface area contributed by atoms with Gasteiger partial charge < -0.3 is 9.30 Å². The lowest BCUT2D eigenvalue weighted by atomic mass is 10.1. The molecule has 0 spiro atoms. The zero-order valence-corrected chi connectivity index (χ0v) is 16.7. The molecule has 5 aromatic rings. The van der Waals surface area contributed by atoms with Crippen molar-refractivity contribution in [1.82, 2.24) is 29.1 Å². The van der Waals surface area contributed by atoms with Crippen molar-refractivity contribution in [3.05, 3.63) is 90.5 Å². The summed E-state index contributed by atoms with van der Waals surface area (Å²) in [4.78, 5) is 13.3. The molecule has 3 aromatic heterocycles. The first-order valence-corrected chi connectivity index (χ1v) is 9.64. The van der Waals surface area contributed by atoms with Crippen molar-refractivity contribution in [1.29, 1.82) is 0 Å². The molecule has 0 N–H and O–H groups in total. The second-order valence-corrected chi connectivity index (χ2v) is 7.06. The highest BCUT2D eigenvalue weighted by atomic mass is 16.5. The third kappa shape index (κ3) is 3.30. The predicted octanol–water partition coefficient (Wildman–Crippen LogP) is 3.88. The Bertz CT molecular complexity index is 1320. The Hall–Kier alpha value is -4.00. The van der Waals surface area contributed by atoms with E-state index in [-0.39, 0.29) is 0 Å². The molecule has 2 aromatic carbocycles. The highest BCUT2D eigenvalue weighted by molar-refractivity contribution is 5.61. The molecule has 5 rings (SSSR count). The molecule has 0 unspecified atom stereocenters. The maximum atomic E-state index is 5.62. The van der Waals surface area contributed by atoms with E-state index in [1.807, 2.05) is 70.9 Å². The van der Waals surface area contributed by atoms with E-state index >= 15 is 0 Å². The van der Waals surface area contributed by atoms with Crippen molar-refractivity contribution in [3.63, 3.8) is 0 Å². The van der Waals surface area contributed by atoms with Crippen molar-refractivity contribution in [2.24, 2.45) is 0 Å². The Morgan fingerprint density at radius 3 is 2.67 bits per heavy atom. The minimum atomic E-state index is 0.593. The minimum absolute atomic E-state index is 0.593. The number of aryl methyl sites for hydroxylation is 1. The second kappa shape index (κ2) is 7.44. The van der Waals surface area contributed by atoms with Crippen LogP contribution in [0.4, 0.5) is 0 Å². The fourth-order valence-electron chi connectivity index (χ4n) is 3.52. The molecular formula is C23H20N6O. The first-order valence-electron chi connectivity index (χ1n) is 9.64. The van der Waals surface area contributed by atoms with Crippen LogP contribution in [0.25, 0.3) is 22.6 Å². The van der Waals surface area contributed by atoms with Crippen LogP contribution in [0.5, 0.6) is 5.75 Å². The largest absolute Gasteiger partial charge is 0.495 e. The van der Waals surface area contributed by atoms with Gasteiger partial charge in [-0.2, -0.15) is 5.10 Å². The zero-order valence-electron chi connectivity index (χ0n) is 16.7. The van der Waals surface area contributed by atoms with Crippen molar-refractivity contribution < 1.29 is 4.74 Å². The van der Waals surface area contributed by atoms with E-state index in [0.717, 1.165) is 45.4 Å². The number of nitrogens with zero attached hydrogens (tertiary/aromatic N) is 6. The fourth-order valence-corrected chi connectivity index (χ4v) is 3.52. The summed E-state index contributed by atoms with van der Waals surface area (Å²) in [6.45, 7) is 1.96. The summed E-state index contributed by atoms with van der Waals surface area (Å²) in [5.74, 6) is 1.51. The third-order valence-corrected chi connectivity index (χ3v) is 4.96. The second-order valence-electron chi connectivity index (χ2n) is 7.06. The molecular weight excluding hydrogens is 376 g/mol. The van der Waals surface area contributed by atoms with E-state index in [0.29, 0.717) is 6.42 Å². The van der Waals surface area contributed by atoms with E-state index < -0.39 is 0 Å². The molecule has 30 heavy (non-hydrogen) atoms. The van der Waals surface area contributed by atoms with Gasteiger partial charge in [0.2, 0.25) is 0 Å². The Labute approximate surface area is 173 Å². The van der Waals surface area contributed by atoms with Gasteiger partial charge in [0, 0.05) is 18.2 Å². The monoisotopic (exact) mass is 396 g/mol. The van der Waals surface area contributed by atoms with Crippen LogP contribution in [0.1, 0.15) is 17.1 Å². The van der Waals surface area contributed by atoms with Crippen molar-refractivity contribution in [2.45, 2.75) is 13.3 Å². The number of hydrogen-bond acceptors (Lipinski definition) is 5. The number of aromatic nitrogens is 6. The molecule has 0 radical (unpaired) electrons. The Morgan fingerprint density at radius 2 is 1.90 bits per heavy atom. The minimum Gasteiger partial charge on any atom is -0.495 e. The van der Waals surface area contributed by atoms with Crippen molar-refractivity contribution in [3.8, 4) is 22.7 Å². The van der Waals surface area contributed by atoms with Gasteiger partial charge >= 0.3 is 0 Å². The lowest BCUT2D eigenvalue weighted by Gasteiger charge is -2.10. The van der Waals surface area contributed by atoms with E-state index in [9.17, 15) is 0 Å². The van der Waals surface area contributed by atoms with Crippen molar-refractivity contribution >= 4 is 5.65 Å². The fraction of sp³-hybridized carbons (Fsp3) is 0.130. The average molecular weight is 396 g/mol. The van der Waals surface area contributed by atoms with E-state index in [2.05, 4.69) is 21.0 Å². The Kier molecular flexibility index (Phi) is 4.48.